The molecule has 0 aliphatic heterocycles. The summed E-state index contributed by atoms with van der Waals surface area (Å²) in [4.78, 5) is 43.7. The first-order valence-corrected chi connectivity index (χ1v) is 76.6. The van der Waals surface area contributed by atoms with Crippen LogP contribution in [0.2, 0.25) is 0 Å². The van der Waals surface area contributed by atoms with Crippen LogP contribution in [0, 0.1) is 0 Å². The normalized spacial score (nSPS) is 9.13. The van der Waals surface area contributed by atoms with Crippen molar-refractivity contribution in [1.82, 2.24) is 0 Å². The van der Waals surface area contributed by atoms with E-state index in [4.69, 9.17) is 107 Å². The summed E-state index contributed by atoms with van der Waals surface area (Å²) in [5, 5.41) is 14.2. The first-order valence-electron chi connectivity index (χ1n) is 31.0. The number of phenolic OH excluding ortho intramolecular Hbond substituents is 1. The number of aryl methyl sites for hydroxylation is 2. The van der Waals surface area contributed by atoms with Crippen LogP contribution in [0.4, 0.5) is 0 Å². The molecule has 8 aromatic carbocycles. The van der Waals surface area contributed by atoms with Crippen molar-refractivity contribution in [3.8, 4) is 45.6 Å². The average Bonchev–Trinajstić information content (AvgIpc) is 0.781. The monoisotopic (exact) mass is 2400 g/mol. The van der Waals surface area contributed by atoms with Gasteiger partial charge in [-0.3, -0.25) is 4.79 Å². The van der Waals surface area contributed by atoms with Crippen LogP contribution in [-0.2, 0) is 402 Å². The molecule has 0 amide bonds. The number of esters is 1. The first kappa shape index (κ1) is 118. The highest BCUT2D eigenvalue weighted by Crippen LogP contribution is 2.40. The number of carbonyl (C=O) groups is 1. The molecule has 1 N–H and O–H groups in total. The predicted octanol–water partition coefficient (Wildman–Crippen LogP) is 13.9. The molecule has 0 radical (unpaired) electrons. The smallest absolute Gasteiger partial charge is 0.373 e. The molecular formula is C65H70Br2O15S36. The standard InChI is InChI=1S/C30H32O5.C17H19BrO3.C15H15BrO3.2CO2.CH4.S18.S16.S2/c1-4-21-15-27-26(28(31)16-21)18-24(19-30(27)33-3)23-10-11-29(35-20-34-13-12-32-2)25(17-23)14-22-8-6-5-7-9-22;1-19-9-10-20-13-21-17-8-7-16(18)12-15(17)11-14-5-3-2-4-6-14;1-4-10-5-12-13(15(6-10)19-9(2)17)7-11(16)8-14(12)18-3;2*2-1-3;;1-3-5-7-9-11-13-15-17-18-16-14-12-10-8-6-4-2;1-3-5-7-9-11-13-15-16-14-12-10-8-6-4-2;1-2/h5-11,15-19,31H,4,12-14,20H2,1-3H3;2-8,12H,9-11,13H2,1H3;5-8H,4H2,1-3H3;;;1H4;;;. The minimum absolute atomic E-state index is 0. The van der Waals surface area contributed by atoms with E-state index in [0.29, 0.717) is 32.2 Å². The van der Waals surface area contributed by atoms with Gasteiger partial charge in [0.1, 0.15) is 34.5 Å². The van der Waals surface area contributed by atoms with Gasteiger partial charge in [0.05, 0.1) is 40.6 Å². The van der Waals surface area contributed by atoms with Crippen LogP contribution in [0.25, 0.3) is 32.7 Å². The summed E-state index contributed by atoms with van der Waals surface area (Å²) in [6.45, 7) is 8.01. The molecule has 15 nitrogen and oxygen atoms in total. The van der Waals surface area contributed by atoms with Crippen molar-refractivity contribution in [1.29, 1.82) is 0 Å². The van der Waals surface area contributed by atoms with Gasteiger partial charge in [-0.05, 0) is 136 Å². The van der Waals surface area contributed by atoms with Crippen LogP contribution in [0.3, 0.4) is 0 Å². The van der Waals surface area contributed by atoms with Crippen LogP contribution in [0.1, 0.15) is 61.6 Å². The van der Waals surface area contributed by atoms with E-state index in [9.17, 15) is 9.90 Å². The predicted molar refractivity (Wildman–Crippen MR) is 587 cm³/mol. The Balaban J connectivity index is 0.00000146. The molecule has 8 rings (SSSR count). The lowest BCUT2D eigenvalue weighted by Crippen LogP contribution is -2.09. The van der Waals surface area contributed by atoms with Crippen LogP contribution < -0.4 is 23.7 Å². The average molecular weight is 2410 g/mol. The van der Waals surface area contributed by atoms with Crippen LogP contribution in [-0.4, -0.2) is 91.8 Å². The summed E-state index contributed by atoms with van der Waals surface area (Å²) in [5.41, 5.74) is 8.77. The highest BCUT2D eigenvalue weighted by molar-refractivity contribution is 9.10. The molecule has 118 heavy (non-hydrogen) atoms. The number of carbonyl (C=O) groups excluding carboxylic acids is 5. The number of aromatic hydroxyl groups is 1. The fourth-order valence-electron chi connectivity index (χ4n) is 8.44. The number of halogens is 2. The third-order valence-electron chi connectivity index (χ3n) is 12.7. The molecule has 8 aromatic rings. The molecule has 0 fully saturated rings. The van der Waals surface area contributed by atoms with Gasteiger partial charge in [0, 0.05) is 398 Å². The zero-order valence-corrected chi connectivity index (χ0v) is 93.6. The van der Waals surface area contributed by atoms with Gasteiger partial charge in [-0.1, -0.05) is 120 Å². The van der Waals surface area contributed by atoms with Crippen molar-refractivity contribution in [2.45, 2.75) is 53.9 Å². The van der Waals surface area contributed by atoms with E-state index in [1.807, 2.05) is 97.1 Å². The number of fused-ring (bicyclic) bond motifs is 2. The zero-order valence-electron chi connectivity index (χ0n) is 61.0. The van der Waals surface area contributed by atoms with E-state index >= 15 is 0 Å². The highest BCUT2D eigenvalue weighted by atomic mass is 79.9. The van der Waals surface area contributed by atoms with Crippen LogP contribution in [0.15, 0.2) is 155 Å². The summed E-state index contributed by atoms with van der Waals surface area (Å²) in [6, 6.07) is 48.5. The minimum Gasteiger partial charge on any atom is -0.507 e. The fourth-order valence-corrected chi connectivity index (χ4v) is 80.6. The highest BCUT2D eigenvalue weighted by Gasteiger charge is 2.16. The Kier molecular flexibility index (Phi) is 83.0. The number of ether oxygens (including phenoxy) is 9. The lowest BCUT2D eigenvalue weighted by Gasteiger charge is -2.16. The molecule has 0 unspecified atom stereocenters. The number of methoxy groups -OCH3 is 4. The topological polar surface area (TPSA) is 189 Å². The van der Waals surface area contributed by atoms with E-state index in [1.165, 1.54) is 53.6 Å². The second-order valence-electron chi connectivity index (χ2n) is 19.4. The van der Waals surface area contributed by atoms with E-state index in [1.54, 1.807) is 259 Å². The van der Waals surface area contributed by atoms with Crippen LogP contribution in [0.5, 0.6) is 34.5 Å². The van der Waals surface area contributed by atoms with Gasteiger partial charge in [-0.2, -0.15) is 19.2 Å². The molecule has 0 aliphatic carbocycles. The second-order valence-corrected chi connectivity index (χ2v) is 74.3. The van der Waals surface area contributed by atoms with Crippen molar-refractivity contribution in [3.63, 3.8) is 0 Å². The summed E-state index contributed by atoms with van der Waals surface area (Å²) >= 11 is 33.2. The second kappa shape index (κ2) is 82.9. The van der Waals surface area contributed by atoms with E-state index < -0.39 is 0 Å². The van der Waals surface area contributed by atoms with Gasteiger partial charge in [0.15, 0.2) is 13.6 Å². The number of benzene rings is 8. The number of hydrogen-bond acceptors (Lipinski definition) is 21. The SMILES string of the molecule is C.CCc1cc(O)c2cc(-c3ccc(OCOCCOC)c(Cc4ccccc4)c3)cc(OC)c2c1.CCc1cc(OC(C)=O)c2cc(Br)cc(OC)c2c1.COCCOCOc1ccc(Br)cc1Cc1ccccc1.O=C=O.O=C=O.S=S.S=S=S=S=S=S=S=S=S=S=S=S=S=S=S=S.S=S=S=S=S=S=S=S=S=S=S=S=S=S=S=S=S=S. The van der Waals surface area contributed by atoms with Gasteiger partial charge in [-0.25, -0.2) is 0 Å². The molecule has 0 aliphatic rings. The van der Waals surface area contributed by atoms with Crippen molar-refractivity contribution in [2.24, 2.45) is 0 Å². The van der Waals surface area contributed by atoms with Crippen molar-refractivity contribution in [3.05, 3.63) is 188 Å². The number of hydrogen-bond donors (Lipinski definition) is 1. The number of phenols is 1. The van der Waals surface area contributed by atoms with E-state index in [-0.39, 0.29) is 45.0 Å². The molecule has 0 aromatic heterocycles. The molecular weight excluding hydrogens is 2330 g/mol. The largest absolute Gasteiger partial charge is 0.507 e. The molecule has 650 valence electrons. The first-order chi connectivity index (χ1) is 57.1. The third kappa shape index (κ3) is 57.2. The maximum atomic E-state index is 11.2. The van der Waals surface area contributed by atoms with E-state index in [2.05, 4.69) is 117 Å². The summed E-state index contributed by atoms with van der Waals surface area (Å²) in [6.07, 6.45) is 3.75. The molecule has 0 saturated carbocycles. The quantitative estimate of drug-likeness (QED) is 0.0292. The van der Waals surface area contributed by atoms with Crippen molar-refractivity contribution >= 4 is 405 Å². The molecule has 0 heterocycles. The van der Waals surface area contributed by atoms with Gasteiger partial charge in [0.2, 0.25) is 0 Å². The lowest BCUT2D eigenvalue weighted by atomic mass is 9.95. The Morgan fingerprint density at radius 3 is 1.11 bits per heavy atom. The maximum Gasteiger partial charge on any atom is 0.373 e. The van der Waals surface area contributed by atoms with Gasteiger partial charge in [0.25, 0.3) is 0 Å². The lowest BCUT2D eigenvalue weighted by molar-refractivity contribution is -0.193. The third-order valence-corrected chi connectivity index (χ3v) is 75.9. The Morgan fingerprint density at radius 2 is 0.737 bits per heavy atom. The molecule has 53 heteroatoms. The van der Waals surface area contributed by atoms with Gasteiger partial charge >= 0.3 is 18.3 Å². The Labute approximate surface area is 819 Å². The maximum absolute atomic E-state index is 11.2. The Hall–Kier alpha value is 0.230. The van der Waals surface area contributed by atoms with E-state index in [0.717, 1.165) is 113 Å². The van der Waals surface area contributed by atoms with Gasteiger partial charge < -0.3 is 47.7 Å². The summed E-state index contributed by atoms with van der Waals surface area (Å²) < 4.78 is 50.8. The van der Waals surface area contributed by atoms with Gasteiger partial charge in [-0.15, -0.1) is 0 Å². The molecule has 0 saturated heterocycles. The summed E-state index contributed by atoms with van der Waals surface area (Å²) in [7, 11) is 57.3. The molecule has 0 bridgehead atoms. The van der Waals surface area contributed by atoms with Crippen LogP contribution >= 0.6 is 31.9 Å². The molecule has 0 atom stereocenters. The molecule has 0 spiro atoms. The Bertz CT molecular complexity index is 5940. The Morgan fingerprint density at radius 1 is 0.381 bits per heavy atom. The minimum atomic E-state index is -0.325. The zero-order chi connectivity index (χ0) is 86.2. The summed E-state index contributed by atoms with van der Waals surface area (Å²) in [5.74, 6) is 3.62. The van der Waals surface area contributed by atoms with Crippen molar-refractivity contribution < 1.29 is 71.7 Å². The van der Waals surface area contributed by atoms with Crippen molar-refractivity contribution in [2.75, 3.05) is 68.5 Å². The number of rotatable bonds is 22. The fraction of sp³-hybridized carbons (Fsp3) is 0.277.